The van der Waals surface area contributed by atoms with Crippen molar-refractivity contribution in [3.63, 3.8) is 0 Å². The summed E-state index contributed by atoms with van der Waals surface area (Å²) in [4.78, 5) is 4.17. The molecule has 0 aliphatic heterocycles. The van der Waals surface area contributed by atoms with E-state index in [1.54, 1.807) is 18.2 Å². The Kier molecular flexibility index (Phi) is 5.39. The monoisotopic (exact) mass is 427 g/mol. The second kappa shape index (κ2) is 7.61. The second-order valence-corrected chi connectivity index (χ2v) is 5.77. The summed E-state index contributed by atoms with van der Waals surface area (Å²) in [6.45, 7) is 0. The molecule has 0 saturated heterocycles. The van der Waals surface area contributed by atoms with E-state index in [0.29, 0.717) is 16.9 Å². The van der Waals surface area contributed by atoms with Crippen molar-refractivity contribution in [3.8, 4) is 22.9 Å². The van der Waals surface area contributed by atoms with Crippen molar-refractivity contribution >= 4 is 29.7 Å². The Morgan fingerprint density at radius 3 is 2.54 bits per heavy atom. The van der Waals surface area contributed by atoms with Crippen LogP contribution in [0.3, 0.4) is 0 Å². The van der Waals surface area contributed by atoms with Crippen LogP contribution < -0.4 is 4.74 Å². The van der Waals surface area contributed by atoms with E-state index in [1.165, 1.54) is 28.9 Å². The molecule has 0 saturated carbocycles. The Morgan fingerprint density at radius 1 is 1.00 bits per heavy atom. The predicted molar refractivity (Wildman–Crippen MR) is 97.8 cm³/mol. The highest BCUT2D eigenvalue weighted by atomic mass is 35.5. The van der Waals surface area contributed by atoms with Gasteiger partial charge in [-0.15, -0.1) is 27.7 Å². The average molecular weight is 428 g/mol. The Labute approximate surface area is 167 Å². The lowest BCUT2D eigenvalue weighted by molar-refractivity contribution is -0.137. The van der Waals surface area contributed by atoms with Crippen molar-refractivity contribution in [1.29, 1.82) is 0 Å². The molecule has 3 aromatic heterocycles. The van der Waals surface area contributed by atoms with Gasteiger partial charge in [0.15, 0.2) is 5.65 Å². The van der Waals surface area contributed by atoms with Crippen LogP contribution in [0.25, 0.3) is 16.9 Å². The fraction of sp³-hybridized carbons (Fsp3) is 0.0588. The van der Waals surface area contributed by atoms with Crippen LogP contribution >= 0.6 is 24.0 Å². The standard InChI is InChI=1S/C17H9ClF3N5O.ClH/c18-16-24-23-14-6-7-15(25-26(14)16)27-13-9-10(17(19,20)21)4-5-11(13)12-3-1-2-8-22-12;/h1-9H;1H. The molecule has 0 spiro atoms. The molecule has 3 heterocycles. The van der Waals surface area contributed by atoms with Crippen LogP contribution in [0.5, 0.6) is 11.6 Å². The zero-order chi connectivity index (χ0) is 19.0. The zero-order valence-electron chi connectivity index (χ0n) is 13.8. The van der Waals surface area contributed by atoms with Crippen LogP contribution in [0, 0.1) is 0 Å². The predicted octanol–water partition coefficient (Wildman–Crippen LogP) is 5.07. The number of rotatable bonds is 3. The summed E-state index contributed by atoms with van der Waals surface area (Å²) in [6, 6.07) is 11.3. The number of hydrogen-bond acceptors (Lipinski definition) is 5. The number of aromatic nitrogens is 5. The lowest BCUT2D eigenvalue weighted by atomic mass is 10.1. The Hall–Kier alpha value is -2.91. The molecule has 0 fully saturated rings. The number of ether oxygens (including phenoxy) is 1. The first-order chi connectivity index (χ1) is 12.9. The zero-order valence-corrected chi connectivity index (χ0v) is 15.3. The number of fused-ring (bicyclic) bond motifs is 1. The second-order valence-electron chi connectivity index (χ2n) is 5.44. The first-order valence-corrected chi connectivity index (χ1v) is 7.98. The average Bonchev–Trinajstić information content (AvgIpc) is 3.02. The van der Waals surface area contributed by atoms with Crippen LogP contribution in [0.2, 0.25) is 5.28 Å². The van der Waals surface area contributed by atoms with E-state index >= 15 is 0 Å². The molecule has 6 nitrogen and oxygen atoms in total. The van der Waals surface area contributed by atoms with E-state index in [0.717, 1.165) is 12.1 Å². The van der Waals surface area contributed by atoms with Gasteiger partial charge in [-0.3, -0.25) is 4.98 Å². The van der Waals surface area contributed by atoms with Gasteiger partial charge in [-0.25, -0.2) is 0 Å². The maximum absolute atomic E-state index is 13.1. The van der Waals surface area contributed by atoms with E-state index in [2.05, 4.69) is 20.3 Å². The largest absolute Gasteiger partial charge is 0.437 e. The van der Waals surface area contributed by atoms with Crippen molar-refractivity contribution in [1.82, 2.24) is 24.8 Å². The van der Waals surface area contributed by atoms with Crippen molar-refractivity contribution in [3.05, 3.63) is 65.6 Å². The molecule has 0 radical (unpaired) electrons. The first-order valence-electron chi connectivity index (χ1n) is 7.60. The van der Waals surface area contributed by atoms with Crippen molar-refractivity contribution in [2.24, 2.45) is 0 Å². The molecule has 0 amide bonds. The van der Waals surface area contributed by atoms with E-state index in [1.807, 2.05) is 0 Å². The van der Waals surface area contributed by atoms with E-state index < -0.39 is 11.7 Å². The summed E-state index contributed by atoms with van der Waals surface area (Å²) in [5.74, 6) is -0.0136. The molecule has 4 rings (SSSR count). The lowest BCUT2D eigenvalue weighted by Gasteiger charge is -2.14. The molecular formula is C17H10Cl2F3N5O. The fourth-order valence-corrected chi connectivity index (χ4v) is 2.59. The van der Waals surface area contributed by atoms with Crippen molar-refractivity contribution in [2.75, 3.05) is 0 Å². The molecule has 0 aliphatic rings. The number of hydrogen-bond donors (Lipinski definition) is 0. The SMILES string of the molecule is Cl.FC(F)(F)c1ccc(-c2ccccn2)c(Oc2ccc3nnc(Cl)n3n2)c1. The molecule has 0 unspecified atom stereocenters. The summed E-state index contributed by atoms with van der Waals surface area (Å²) >= 11 is 5.87. The third-order valence-corrected chi connectivity index (χ3v) is 3.90. The highest BCUT2D eigenvalue weighted by molar-refractivity contribution is 6.28. The normalized spacial score (nSPS) is 11.3. The Bertz CT molecular complexity index is 1120. The quantitative estimate of drug-likeness (QED) is 0.456. The summed E-state index contributed by atoms with van der Waals surface area (Å²) < 4.78 is 46.3. The number of nitrogens with zero attached hydrogens (tertiary/aromatic N) is 5. The molecule has 11 heteroatoms. The minimum Gasteiger partial charge on any atom is -0.437 e. The smallest absolute Gasteiger partial charge is 0.416 e. The van der Waals surface area contributed by atoms with Gasteiger partial charge in [-0.1, -0.05) is 6.07 Å². The van der Waals surface area contributed by atoms with E-state index in [-0.39, 0.29) is 29.3 Å². The van der Waals surface area contributed by atoms with Crippen LogP contribution in [0.15, 0.2) is 54.7 Å². The van der Waals surface area contributed by atoms with Crippen LogP contribution in [-0.2, 0) is 6.18 Å². The van der Waals surface area contributed by atoms with Gasteiger partial charge >= 0.3 is 6.18 Å². The summed E-state index contributed by atoms with van der Waals surface area (Å²) in [5, 5.41) is 11.5. The maximum Gasteiger partial charge on any atom is 0.416 e. The molecule has 144 valence electrons. The van der Waals surface area contributed by atoms with Gasteiger partial charge < -0.3 is 4.74 Å². The lowest BCUT2D eigenvalue weighted by Crippen LogP contribution is -2.05. The highest BCUT2D eigenvalue weighted by Crippen LogP contribution is 2.38. The van der Waals surface area contributed by atoms with Gasteiger partial charge in [0.05, 0.1) is 11.3 Å². The van der Waals surface area contributed by atoms with Gasteiger partial charge in [0.2, 0.25) is 11.2 Å². The number of benzene rings is 1. The van der Waals surface area contributed by atoms with E-state index in [9.17, 15) is 13.2 Å². The topological polar surface area (TPSA) is 65.2 Å². The number of alkyl halides is 3. The molecular weight excluding hydrogens is 418 g/mol. The summed E-state index contributed by atoms with van der Waals surface area (Å²) in [5.41, 5.74) is 0.381. The summed E-state index contributed by atoms with van der Waals surface area (Å²) in [7, 11) is 0. The van der Waals surface area contributed by atoms with Gasteiger partial charge in [-0.05, 0) is 48.0 Å². The molecule has 28 heavy (non-hydrogen) atoms. The van der Waals surface area contributed by atoms with Crippen molar-refractivity contribution < 1.29 is 17.9 Å². The minimum absolute atomic E-state index is 0. The van der Waals surface area contributed by atoms with Gasteiger partial charge in [0.25, 0.3) is 0 Å². The van der Waals surface area contributed by atoms with Crippen LogP contribution in [-0.4, -0.2) is 24.8 Å². The Balaban J connectivity index is 0.00000225. The number of halogens is 5. The third-order valence-electron chi connectivity index (χ3n) is 3.66. The third kappa shape index (κ3) is 3.85. The van der Waals surface area contributed by atoms with Crippen LogP contribution in [0.4, 0.5) is 13.2 Å². The van der Waals surface area contributed by atoms with E-state index in [4.69, 9.17) is 16.3 Å². The minimum atomic E-state index is -4.52. The molecule has 0 N–H and O–H groups in total. The molecule has 4 aromatic rings. The molecule has 0 aliphatic carbocycles. The van der Waals surface area contributed by atoms with Gasteiger partial charge in [0.1, 0.15) is 5.75 Å². The first kappa shape index (κ1) is 19.8. The van der Waals surface area contributed by atoms with Gasteiger partial charge in [-0.2, -0.15) is 17.7 Å². The van der Waals surface area contributed by atoms with Crippen molar-refractivity contribution in [2.45, 2.75) is 6.18 Å². The van der Waals surface area contributed by atoms with Crippen LogP contribution in [0.1, 0.15) is 5.56 Å². The molecule has 1 aromatic carbocycles. The van der Waals surface area contributed by atoms with Gasteiger partial charge in [0, 0.05) is 17.8 Å². The Morgan fingerprint density at radius 2 is 1.82 bits per heavy atom. The molecule has 0 atom stereocenters. The maximum atomic E-state index is 13.1. The number of pyridine rings is 1. The molecule has 0 bridgehead atoms. The summed E-state index contributed by atoms with van der Waals surface area (Å²) in [6.07, 6.45) is -2.98. The fourth-order valence-electron chi connectivity index (χ4n) is 2.43. The highest BCUT2D eigenvalue weighted by Gasteiger charge is 2.31.